The molecule has 0 aromatic carbocycles. The molecule has 0 fully saturated rings. The van der Waals surface area contributed by atoms with E-state index in [9.17, 15) is 0 Å². The Hall–Kier alpha value is -1.000. The highest BCUT2D eigenvalue weighted by atomic mass is 35.5. The molecule has 2 aromatic heterocycles. The van der Waals surface area contributed by atoms with Crippen molar-refractivity contribution < 1.29 is 0 Å². The van der Waals surface area contributed by atoms with E-state index in [4.69, 9.17) is 11.6 Å². The van der Waals surface area contributed by atoms with Crippen LogP contribution in [0.1, 0.15) is 5.01 Å². The molecule has 0 radical (unpaired) electrons. The van der Waals surface area contributed by atoms with Crippen LogP contribution in [-0.2, 0) is 5.88 Å². The van der Waals surface area contributed by atoms with Crippen LogP contribution in [0.4, 0.5) is 0 Å². The van der Waals surface area contributed by atoms with Gasteiger partial charge < -0.3 is 0 Å². The van der Waals surface area contributed by atoms with E-state index in [1.807, 2.05) is 12.1 Å². The van der Waals surface area contributed by atoms with Gasteiger partial charge in [-0.05, 0) is 12.1 Å². The van der Waals surface area contributed by atoms with Gasteiger partial charge in [-0.3, -0.25) is 4.98 Å². The molecule has 0 bridgehead atoms. The molecule has 5 heteroatoms. The summed E-state index contributed by atoms with van der Waals surface area (Å²) < 4.78 is 0. The first-order valence-electron chi connectivity index (χ1n) is 3.69. The molecule has 0 N–H and O–H groups in total. The van der Waals surface area contributed by atoms with E-state index in [-0.39, 0.29) is 0 Å². The first-order chi connectivity index (χ1) is 6.40. The standard InChI is InChI=1S/C8H6ClN3S/c9-5-7-11-12-8(13-7)6-1-3-10-4-2-6/h1-4H,5H2. The quantitative estimate of drug-likeness (QED) is 0.716. The van der Waals surface area contributed by atoms with E-state index in [0.717, 1.165) is 15.6 Å². The summed E-state index contributed by atoms with van der Waals surface area (Å²) in [4.78, 5) is 3.93. The molecule has 0 aliphatic heterocycles. The Morgan fingerprint density at radius 2 is 2.00 bits per heavy atom. The van der Waals surface area contributed by atoms with Crippen LogP contribution in [-0.4, -0.2) is 15.2 Å². The lowest BCUT2D eigenvalue weighted by Crippen LogP contribution is -1.77. The van der Waals surface area contributed by atoms with E-state index in [1.54, 1.807) is 12.4 Å². The van der Waals surface area contributed by atoms with Crippen molar-refractivity contribution in [2.75, 3.05) is 0 Å². The van der Waals surface area contributed by atoms with Crippen molar-refractivity contribution in [1.82, 2.24) is 15.2 Å². The zero-order chi connectivity index (χ0) is 9.10. The Bertz CT molecular complexity index is 387. The molecule has 0 aliphatic rings. The third kappa shape index (κ3) is 1.84. The van der Waals surface area contributed by atoms with Gasteiger partial charge in [0.05, 0.1) is 5.88 Å². The minimum absolute atomic E-state index is 0.419. The Balaban J connectivity index is 2.36. The summed E-state index contributed by atoms with van der Waals surface area (Å²) in [7, 11) is 0. The van der Waals surface area contributed by atoms with Crippen molar-refractivity contribution in [2.24, 2.45) is 0 Å². The van der Waals surface area contributed by atoms with Crippen LogP contribution in [0.3, 0.4) is 0 Å². The molecule has 0 spiro atoms. The number of pyridine rings is 1. The maximum atomic E-state index is 5.62. The van der Waals surface area contributed by atoms with Gasteiger partial charge in [0.1, 0.15) is 10.0 Å². The van der Waals surface area contributed by atoms with Crippen LogP contribution in [0.2, 0.25) is 0 Å². The smallest absolute Gasteiger partial charge is 0.147 e. The van der Waals surface area contributed by atoms with Crippen LogP contribution < -0.4 is 0 Å². The lowest BCUT2D eigenvalue weighted by atomic mass is 10.3. The highest BCUT2D eigenvalue weighted by molar-refractivity contribution is 7.14. The average Bonchev–Trinajstić information content (AvgIpc) is 2.67. The van der Waals surface area contributed by atoms with E-state index < -0.39 is 0 Å². The molecule has 2 aromatic rings. The molecular formula is C8H6ClN3S. The van der Waals surface area contributed by atoms with Crippen molar-refractivity contribution in [3.8, 4) is 10.6 Å². The molecule has 0 amide bonds. The molecular weight excluding hydrogens is 206 g/mol. The first kappa shape index (κ1) is 8.59. The molecule has 13 heavy (non-hydrogen) atoms. The molecule has 0 aliphatic carbocycles. The number of hydrogen-bond donors (Lipinski definition) is 0. The van der Waals surface area contributed by atoms with Crippen LogP contribution >= 0.6 is 22.9 Å². The topological polar surface area (TPSA) is 38.7 Å². The van der Waals surface area contributed by atoms with Crippen molar-refractivity contribution in [1.29, 1.82) is 0 Å². The summed E-state index contributed by atoms with van der Waals surface area (Å²) in [6, 6.07) is 3.80. The summed E-state index contributed by atoms with van der Waals surface area (Å²) in [5.41, 5.74) is 1.03. The monoisotopic (exact) mass is 211 g/mol. The normalized spacial score (nSPS) is 10.2. The van der Waals surface area contributed by atoms with Crippen molar-refractivity contribution in [3.05, 3.63) is 29.5 Å². The molecule has 3 nitrogen and oxygen atoms in total. The van der Waals surface area contributed by atoms with Crippen LogP contribution in [0.5, 0.6) is 0 Å². The van der Waals surface area contributed by atoms with E-state index in [1.165, 1.54) is 11.3 Å². The maximum absolute atomic E-state index is 5.62. The summed E-state index contributed by atoms with van der Waals surface area (Å²) in [6.07, 6.45) is 3.47. The van der Waals surface area contributed by atoms with Crippen molar-refractivity contribution >= 4 is 22.9 Å². The number of hydrogen-bond acceptors (Lipinski definition) is 4. The summed E-state index contributed by atoms with van der Waals surface area (Å²) in [5.74, 6) is 0.419. The van der Waals surface area contributed by atoms with Gasteiger partial charge in [-0.2, -0.15) is 0 Å². The fourth-order valence-corrected chi connectivity index (χ4v) is 1.83. The van der Waals surface area contributed by atoms with Gasteiger partial charge in [0.15, 0.2) is 0 Å². The summed E-state index contributed by atoms with van der Waals surface area (Å²) in [5, 5.41) is 9.67. The summed E-state index contributed by atoms with van der Waals surface area (Å²) >= 11 is 7.13. The van der Waals surface area contributed by atoms with Gasteiger partial charge in [-0.15, -0.1) is 21.8 Å². The second-order valence-electron chi connectivity index (χ2n) is 2.37. The summed E-state index contributed by atoms with van der Waals surface area (Å²) in [6.45, 7) is 0. The van der Waals surface area contributed by atoms with Crippen LogP contribution in [0.25, 0.3) is 10.6 Å². The Morgan fingerprint density at radius 3 is 2.62 bits per heavy atom. The third-order valence-corrected chi connectivity index (χ3v) is 2.89. The number of alkyl halides is 1. The second-order valence-corrected chi connectivity index (χ2v) is 3.70. The molecule has 0 saturated carbocycles. The number of halogens is 1. The highest BCUT2D eigenvalue weighted by Crippen LogP contribution is 2.22. The predicted molar refractivity (Wildman–Crippen MR) is 52.7 cm³/mol. The van der Waals surface area contributed by atoms with Gasteiger partial charge in [0.2, 0.25) is 0 Å². The van der Waals surface area contributed by atoms with Gasteiger partial charge in [0.25, 0.3) is 0 Å². The second kappa shape index (κ2) is 3.81. The predicted octanol–water partition coefficient (Wildman–Crippen LogP) is 2.34. The van der Waals surface area contributed by atoms with Gasteiger partial charge in [0, 0.05) is 18.0 Å². The maximum Gasteiger partial charge on any atom is 0.147 e. The molecule has 0 unspecified atom stereocenters. The minimum atomic E-state index is 0.419. The first-order valence-corrected chi connectivity index (χ1v) is 5.04. The Morgan fingerprint density at radius 1 is 1.23 bits per heavy atom. The number of nitrogens with zero attached hydrogens (tertiary/aromatic N) is 3. The zero-order valence-electron chi connectivity index (χ0n) is 6.64. The number of rotatable bonds is 2. The third-order valence-electron chi connectivity index (χ3n) is 1.51. The number of aromatic nitrogens is 3. The fourth-order valence-electron chi connectivity index (χ4n) is 0.919. The molecule has 2 rings (SSSR count). The van der Waals surface area contributed by atoms with Gasteiger partial charge in [-0.1, -0.05) is 11.3 Å². The Labute approximate surface area is 84.4 Å². The largest absolute Gasteiger partial charge is 0.265 e. The van der Waals surface area contributed by atoms with E-state index in [2.05, 4.69) is 15.2 Å². The van der Waals surface area contributed by atoms with Crippen molar-refractivity contribution in [3.63, 3.8) is 0 Å². The lowest BCUT2D eigenvalue weighted by molar-refractivity contribution is 1.04. The molecule has 0 saturated heterocycles. The van der Waals surface area contributed by atoms with E-state index >= 15 is 0 Å². The van der Waals surface area contributed by atoms with E-state index in [0.29, 0.717) is 5.88 Å². The SMILES string of the molecule is ClCc1nnc(-c2ccncc2)s1. The molecule has 0 atom stereocenters. The zero-order valence-corrected chi connectivity index (χ0v) is 8.22. The highest BCUT2D eigenvalue weighted by Gasteiger charge is 2.04. The minimum Gasteiger partial charge on any atom is -0.265 e. The van der Waals surface area contributed by atoms with Crippen LogP contribution in [0.15, 0.2) is 24.5 Å². The average molecular weight is 212 g/mol. The molecule has 66 valence electrons. The van der Waals surface area contributed by atoms with Crippen LogP contribution in [0, 0.1) is 0 Å². The molecule has 2 heterocycles. The van der Waals surface area contributed by atoms with Crippen molar-refractivity contribution in [2.45, 2.75) is 5.88 Å². The van der Waals surface area contributed by atoms with Gasteiger partial charge >= 0.3 is 0 Å². The lowest BCUT2D eigenvalue weighted by Gasteiger charge is -1.90. The fraction of sp³-hybridized carbons (Fsp3) is 0.125. The Kier molecular flexibility index (Phi) is 2.52. The van der Waals surface area contributed by atoms with Gasteiger partial charge in [-0.25, -0.2) is 0 Å².